The number of anilines is 1. The number of aryl methyl sites for hydroxylation is 1. The molecule has 1 saturated carbocycles. The van der Waals surface area contributed by atoms with Crippen molar-refractivity contribution in [3.05, 3.63) is 63.1 Å². The van der Waals surface area contributed by atoms with Gasteiger partial charge in [-0.05, 0) is 26.7 Å². The number of carbonyl (C=O) groups is 1. The zero-order valence-electron chi connectivity index (χ0n) is 20.9. The summed E-state index contributed by atoms with van der Waals surface area (Å²) in [5.41, 5.74) is -2.54. The molecule has 1 saturated heterocycles. The zero-order chi connectivity index (χ0) is 27.2. The molecule has 3 heterocycles. The molecule has 0 unspecified atom stereocenters. The van der Waals surface area contributed by atoms with E-state index in [2.05, 4.69) is 15.3 Å². The number of morpholine rings is 1. The Kier molecular flexibility index (Phi) is 6.84. The van der Waals surface area contributed by atoms with E-state index in [1.54, 1.807) is 13.8 Å². The van der Waals surface area contributed by atoms with Gasteiger partial charge < -0.3 is 19.5 Å². The van der Waals surface area contributed by atoms with Gasteiger partial charge in [0.15, 0.2) is 0 Å². The first-order valence-corrected chi connectivity index (χ1v) is 12.4. The van der Waals surface area contributed by atoms with Gasteiger partial charge >= 0.3 is 0 Å². The lowest BCUT2D eigenvalue weighted by Gasteiger charge is -2.28. The summed E-state index contributed by atoms with van der Waals surface area (Å²) in [5, 5.41) is 3.31. The Balaban J connectivity index is 1.67. The van der Waals surface area contributed by atoms with Crippen LogP contribution in [0.4, 0.5) is 23.4 Å². The molecule has 0 radical (unpaired) electrons. The summed E-state index contributed by atoms with van der Waals surface area (Å²) in [4.78, 5) is 37.6. The Morgan fingerprint density at radius 1 is 1.18 bits per heavy atom. The topological polar surface area (TPSA) is 89.4 Å². The number of carbonyl (C=O) groups excluding carboxylic acids is 1. The fraction of sp³-hybridized carbons (Fsp3) is 0.462. The fourth-order valence-corrected chi connectivity index (χ4v) is 4.82. The summed E-state index contributed by atoms with van der Waals surface area (Å²) in [6.45, 7) is 3.58. The van der Waals surface area contributed by atoms with Crippen LogP contribution < -0.4 is 10.9 Å². The number of ether oxygens (including phenoxy) is 1. The molecule has 1 N–H and O–H groups in total. The van der Waals surface area contributed by atoms with Crippen LogP contribution in [0.5, 0.6) is 0 Å². The number of benzene rings is 1. The van der Waals surface area contributed by atoms with E-state index in [1.165, 1.54) is 27.8 Å². The van der Waals surface area contributed by atoms with E-state index in [-0.39, 0.29) is 46.8 Å². The van der Waals surface area contributed by atoms with Crippen LogP contribution in [0.1, 0.15) is 59.5 Å². The molecule has 1 aromatic carbocycles. The molecule has 12 heteroatoms. The zero-order valence-corrected chi connectivity index (χ0v) is 20.9. The standard InChI is InChI=1S/C26H27F4N5O3/c1-14(16-4-3-5-17(20(16)28)22(29)30)31-23-18-12-35(26(13-27)6-7-26)25(37)19(21(18)32-15(2)33-23)24(36)34-8-10-38-11-9-34/h3-5,12,14,22H,6-11,13H2,1-2H3,(H,31,32,33)/t14-/m1/s1. The molecule has 1 atom stereocenters. The van der Waals surface area contributed by atoms with Crippen LogP contribution in [0.25, 0.3) is 10.9 Å². The number of nitrogens with zero attached hydrogens (tertiary/aromatic N) is 4. The van der Waals surface area contributed by atoms with Crippen molar-refractivity contribution < 1.29 is 27.1 Å². The highest BCUT2D eigenvalue weighted by atomic mass is 19.3. The molecule has 8 nitrogen and oxygen atoms in total. The van der Waals surface area contributed by atoms with Crippen molar-refractivity contribution in [2.45, 2.75) is 44.7 Å². The number of alkyl halides is 3. The molecule has 5 rings (SSSR count). The van der Waals surface area contributed by atoms with Crippen LogP contribution in [0, 0.1) is 12.7 Å². The second-order valence-electron chi connectivity index (χ2n) is 9.74. The summed E-state index contributed by atoms with van der Waals surface area (Å²) in [6, 6.07) is 2.94. The van der Waals surface area contributed by atoms with Crippen LogP contribution in [0.15, 0.2) is 29.2 Å². The van der Waals surface area contributed by atoms with Crippen molar-refractivity contribution in [2.75, 3.05) is 38.3 Å². The summed E-state index contributed by atoms with van der Waals surface area (Å²) in [6.07, 6.45) is -0.696. The van der Waals surface area contributed by atoms with Gasteiger partial charge in [-0.2, -0.15) is 0 Å². The van der Waals surface area contributed by atoms with Gasteiger partial charge in [-0.15, -0.1) is 0 Å². The maximum Gasteiger partial charge on any atom is 0.266 e. The normalized spacial score (nSPS) is 17.6. The maximum absolute atomic E-state index is 14.9. The predicted octanol–water partition coefficient (Wildman–Crippen LogP) is 4.28. The molecule has 1 aliphatic heterocycles. The lowest BCUT2D eigenvalue weighted by molar-refractivity contribution is 0.0302. The van der Waals surface area contributed by atoms with Crippen molar-refractivity contribution >= 4 is 22.6 Å². The summed E-state index contributed by atoms with van der Waals surface area (Å²) < 4.78 is 62.1. The van der Waals surface area contributed by atoms with Crippen LogP contribution in [-0.4, -0.2) is 58.3 Å². The molecule has 0 spiro atoms. The van der Waals surface area contributed by atoms with E-state index in [9.17, 15) is 27.2 Å². The van der Waals surface area contributed by atoms with E-state index in [1.807, 2.05) is 0 Å². The first-order chi connectivity index (χ1) is 18.2. The minimum atomic E-state index is -2.98. The molecular weight excluding hydrogens is 506 g/mol. The predicted molar refractivity (Wildman–Crippen MR) is 132 cm³/mol. The van der Waals surface area contributed by atoms with E-state index in [0.29, 0.717) is 26.1 Å². The van der Waals surface area contributed by atoms with Gasteiger partial charge in [-0.25, -0.2) is 27.5 Å². The Labute approximate surface area is 215 Å². The van der Waals surface area contributed by atoms with Crippen molar-refractivity contribution in [1.29, 1.82) is 0 Å². The van der Waals surface area contributed by atoms with Crippen molar-refractivity contribution in [1.82, 2.24) is 19.4 Å². The molecule has 0 bridgehead atoms. The summed E-state index contributed by atoms with van der Waals surface area (Å²) in [5.74, 6) is -1.18. The summed E-state index contributed by atoms with van der Waals surface area (Å²) in [7, 11) is 0. The van der Waals surface area contributed by atoms with Crippen molar-refractivity contribution in [3.63, 3.8) is 0 Å². The lowest BCUT2D eigenvalue weighted by atomic mass is 10.0. The molecule has 2 aromatic heterocycles. The fourth-order valence-electron chi connectivity index (χ4n) is 4.82. The Bertz CT molecular complexity index is 1450. The molecule has 2 fully saturated rings. The average Bonchev–Trinajstić information content (AvgIpc) is 3.69. The number of nitrogens with one attached hydrogen (secondary N) is 1. The van der Waals surface area contributed by atoms with Gasteiger partial charge in [0.05, 0.1) is 41.3 Å². The van der Waals surface area contributed by atoms with Crippen molar-refractivity contribution in [3.8, 4) is 0 Å². The highest BCUT2D eigenvalue weighted by Gasteiger charge is 2.46. The maximum atomic E-state index is 14.9. The number of hydrogen-bond acceptors (Lipinski definition) is 6. The van der Waals surface area contributed by atoms with Gasteiger partial charge in [-0.3, -0.25) is 9.59 Å². The number of hydrogen-bond donors (Lipinski definition) is 1. The highest BCUT2D eigenvalue weighted by molar-refractivity contribution is 6.07. The van der Waals surface area contributed by atoms with Crippen LogP contribution in [0.2, 0.25) is 0 Å². The number of pyridine rings is 1. The Morgan fingerprint density at radius 2 is 1.87 bits per heavy atom. The van der Waals surface area contributed by atoms with E-state index < -0.39 is 47.5 Å². The van der Waals surface area contributed by atoms with Crippen LogP contribution in [-0.2, 0) is 10.3 Å². The van der Waals surface area contributed by atoms with E-state index >= 15 is 0 Å². The van der Waals surface area contributed by atoms with Gasteiger partial charge in [0.1, 0.15) is 29.7 Å². The second-order valence-corrected chi connectivity index (χ2v) is 9.74. The van der Waals surface area contributed by atoms with Gasteiger partial charge in [0.25, 0.3) is 17.9 Å². The first kappa shape index (κ1) is 26.1. The van der Waals surface area contributed by atoms with Crippen LogP contribution >= 0.6 is 0 Å². The number of fused-ring (bicyclic) bond motifs is 1. The molecule has 2 aliphatic rings. The van der Waals surface area contributed by atoms with E-state index in [4.69, 9.17) is 4.74 Å². The molecule has 38 heavy (non-hydrogen) atoms. The molecule has 1 amide bonds. The molecule has 1 aliphatic carbocycles. The number of rotatable bonds is 7. The van der Waals surface area contributed by atoms with E-state index in [0.717, 1.165) is 6.07 Å². The smallest absolute Gasteiger partial charge is 0.266 e. The van der Waals surface area contributed by atoms with Crippen molar-refractivity contribution in [2.24, 2.45) is 0 Å². The molecule has 3 aromatic rings. The number of aromatic nitrogens is 3. The second kappa shape index (κ2) is 9.97. The minimum absolute atomic E-state index is 0.00688. The third-order valence-electron chi connectivity index (χ3n) is 7.20. The minimum Gasteiger partial charge on any atom is -0.378 e. The molecule has 202 valence electrons. The first-order valence-electron chi connectivity index (χ1n) is 12.4. The van der Waals surface area contributed by atoms with Crippen LogP contribution in [0.3, 0.4) is 0 Å². The SMILES string of the molecule is Cc1nc(N[C@H](C)c2cccc(C(F)F)c2F)c2cn(C3(CF)CC3)c(=O)c(C(=O)N3CCOCC3)c2n1. The van der Waals surface area contributed by atoms with Gasteiger partial charge in [-0.1, -0.05) is 18.2 Å². The Morgan fingerprint density at radius 3 is 2.50 bits per heavy atom. The number of amides is 1. The quantitative estimate of drug-likeness (QED) is 0.456. The monoisotopic (exact) mass is 533 g/mol. The number of halogens is 4. The Hall–Kier alpha value is -3.54. The third kappa shape index (κ3) is 4.50. The summed E-state index contributed by atoms with van der Waals surface area (Å²) >= 11 is 0. The third-order valence-corrected chi connectivity index (χ3v) is 7.20. The van der Waals surface area contributed by atoms with Gasteiger partial charge in [0, 0.05) is 24.8 Å². The average molecular weight is 534 g/mol. The largest absolute Gasteiger partial charge is 0.378 e. The highest BCUT2D eigenvalue weighted by Crippen LogP contribution is 2.44. The van der Waals surface area contributed by atoms with Gasteiger partial charge in [0.2, 0.25) is 0 Å². The molecular formula is C26H27F4N5O3. The lowest BCUT2D eigenvalue weighted by Crippen LogP contribution is -2.44.